The number of anilines is 1. The number of thiazole rings is 1. The van der Waals surface area contributed by atoms with Crippen molar-refractivity contribution in [2.45, 2.75) is 64.0 Å². The molecule has 2 fully saturated rings. The lowest BCUT2D eigenvalue weighted by Gasteiger charge is -2.42. The minimum Gasteiger partial charge on any atom is -0.405 e. The highest BCUT2D eigenvalue weighted by Gasteiger charge is 2.46. The van der Waals surface area contributed by atoms with E-state index in [-0.39, 0.29) is 11.5 Å². The molecule has 1 aromatic heterocycles. The van der Waals surface area contributed by atoms with Gasteiger partial charge in [0.2, 0.25) is 5.90 Å². The van der Waals surface area contributed by atoms with Gasteiger partial charge in [0.05, 0.1) is 5.69 Å². The molecular weight excluding hydrogens is 420 g/mol. The summed E-state index contributed by atoms with van der Waals surface area (Å²) in [6, 6.07) is 8.08. The molecule has 2 aliphatic heterocycles. The van der Waals surface area contributed by atoms with Crippen LogP contribution in [0.1, 0.15) is 58.4 Å². The standard InChI is InChI=1S/C25H32N4O2S/c1-24(2,3)29-15-13-28(14-16-29)23-26-20(17-32-23)18-7-9-19(10-8-18)21-27-25(22(30)31-21)11-5-4-6-12-25/h7-10,17H,4-6,11-16H2,1-3H3. The number of aromatic nitrogens is 1. The lowest BCUT2D eigenvalue weighted by atomic mass is 9.83. The molecular formula is C25H32N4O2S. The van der Waals surface area contributed by atoms with Gasteiger partial charge in [-0.15, -0.1) is 11.3 Å². The average Bonchev–Trinajstić information content (AvgIpc) is 3.40. The number of esters is 1. The van der Waals surface area contributed by atoms with E-state index >= 15 is 0 Å². The molecule has 0 bridgehead atoms. The van der Waals surface area contributed by atoms with Crippen molar-refractivity contribution in [1.29, 1.82) is 0 Å². The quantitative estimate of drug-likeness (QED) is 0.630. The lowest BCUT2D eigenvalue weighted by molar-refractivity contribution is -0.140. The van der Waals surface area contributed by atoms with Crippen LogP contribution in [0.2, 0.25) is 0 Å². The van der Waals surface area contributed by atoms with Crippen LogP contribution in [0.15, 0.2) is 34.6 Å². The number of nitrogens with zero attached hydrogens (tertiary/aromatic N) is 4. The Balaban J connectivity index is 1.27. The van der Waals surface area contributed by atoms with Crippen LogP contribution < -0.4 is 4.90 Å². The Morgan fingerprint density at radius 1 is 0.969 bits per heavy atom. The summed E-state index contributed by atoms with van der Waals surface area (Å²) in [4.78, 5) is 27.1. The fraction of sp³-hybridized carbons (Fsp3) is 0.560. The number of carbonyl (C=O) groups excluding carboxylic acids is 1. The molecule has 0 amide bonds. The van der Waals surface area contributed by atoms with Gasteiger partial charge >= 0.3 is 5.97 Å². The third-order valence-corrected chi connectivity index (χ3v) is 7.89. The molecule has 0 radical (unpaired) electrons. The Kier molecular flexibility index (Phi) is 5.58. The van der Waals surface area contributed by atoms with Crippen molar-refractivity contribution in [2.24, 2.45) is 4.99 Å². The van der Waals surface area contributed by atoms with E-state index < -0.39 is 5.54 Å². The topological polar surface area (TPSA) is 58.0 Å². The van der Waals surface area contributed by atoms with Crippen molar-refractivity contribution >= 4 is 28.3 Å². The number of hydrogen-bond acceptors (Lipinski definition) is 7. The van der Waals surface area contributed by atoms with E-state index in [9.17, 15) is 4.79 Å². The summed E-state index contributed by atoms with van der Waals surface area (Å²) in [5, 5.41) is 3.22. The first-order chi connectivity index (χ1) is 15.3. The Bertz CT molecular complexity index is 1010. The fourth-order valence-corrected chi connectivity index (χ4v) is 5.80. The van der Waals surface area contributed by atoms with Gasteiger partial charge < -0.3 is 9.64 Å². The van der Waals surface area contributed by atoms with Gasteiger partial charge in [-0.2, -0.15) is 0 Å². The second-order valence-electron chi connectivity index (χ2n) is 10.1. The SMILES string of the molecule is CC(C)(C)N1CCN(c2nc(-c3ccc(C4=NC5(CCCCC5)C(=O)O4)cc3)cs2)CC1. The maximum absolute atomic E-state index is 12.5. The van der Waals surface area contributed by atoms with Crippen molar-refractivity contribution in [1.82, 2.24) is 9.88 Å². The van der Waals surface area contributed by atoms with Crippen LogP contribution in [-0.2, 0) is 9.53 Å². The zero-order chi connectivity index (χ0) is 22.3. The van der Waals surface area contributed by atoms with Gasteiger partial charge in [0.25, 0.3) is 0 Å². The van der Waals surface area contributed by atoms with Crippen molar-refractivity contribution in [2.75, 3.05) is 31.1 Å². The average molecular weight is 453 g/mol. The number of ether oxygens (including phenoxy) is 1. The predicted octanol–water partition coefficient (Wildman–Crippen LogP) is 4.74. The number of benzene rings is 1. The minimum atomic E-state index is -0.632. The van der Waals surface area contributed by atoms with E-state index in [0.29, 0.717) is 5.90 Å². The van der Waals surface area contributed by atoms with E-state index in [1.165, 1.54) is 6.42 Å². The van der Waals surface area contributed by atoms with E-state index in [1.807, 2.05) is 24.3 Å². The highest BCUT2D eigenvalue weighted by atomic mass is 32.1. The van der Waals surface area contributed by atoms with Crippen molar-refractivity contribution in [3.8, 4) is 11.3 Å². The van der Waals surface area contributed by atoms with Crippen LogP contribution in [0.3, 0.4) is 0 Å². The molecule has 0 atom stereocenters. The fourth-order valence-electron chi connectivity index (χ4n) is 4.92. The van der Waals surface area contributed by atoms with Crippen LogP contribution in [0.5, 0.6) is 0 Å². The maximum atomic E-state index is 12.5. The highest BCUT2D eigenvalue weighted by molar-refractivity contribution is 7.14. The summed E-state index contributed by atoms with van der Waals surface area (Å²) in [6.45, 7) is 11.0. The summed E-state index contributed by atoms with van der Waals surface area (Å²) in [7, 11) is 0. The molecule has 2 aromatic rings. The molecule has 0 unspecified atom stereocenters. The molecule has 6 nitrogen and oxygen atoms in total. The van der Waals surface area contributed by atoms with Crippen LogP contribution in [0, 0.1) is 0 Å². The Labute approximate surface area is 194 Å². The zero-order valence-electron chi connectivity index (χ0n) is 19.3. The molecule has 3 aliphatic rings. The maximum Gasteiger partial charge on any atom is 0.340 e. The van der Waals surface area contributed by atoms with Crippen LogP contribution in [0.4, 0.5) is 5.13 Å². The van der Waals surface area contributed by atoms with Crippen LogP contribution in [0.25, 0.3) is 11.3 Å². The van der Waals surface area contributed by atoms with Crippen molar-refractivity contribution in [3.63, 3.8) is 0 Å². The normalized spacial score (nSPS) is 21.7. The Morgan fingerprint density at radius 2 is 1.62 bits per heavy atom. The number of carbonyl (C=O) groups is 1. The van der Waals surface area contributed by atoms with Gasteiger partial charge in [0.15, 0.2) is 10.7 Å². The monoisotopic (exact) mass is 452 g/mol. The number of cyclic esters (lactones) is 1. The molecule has 32 heavy (non-hydrogen) atoms. The molecule has 1 aromatic carbocycles. The van der Waals surface area contributed by atoms with Gasteiger partial charge in [-0.1, -0.05) is 31.4 Å². The molecule has 170 valence electrons. The molecule has 1 spiro atoms. The van der Waals surface area contributed by atoms with Gasteiger partial charge in [-0.05, 0) is 45.7 Å². The van der Waals surface area contributed by atoms with E-state index in [4.69, 9.17) is 14.7 Å². The summed E-state index contributed by atoms with van der Waals surface area (Å²) in [6.07, 6.45) is 4.87. The zero-order valence-corrected chi connectivity index (χ0v) is 20.1. The van der Waals surface area contributed by atoms with Gasteiger partial charge in [0, 0.05) is 48.2 Å². The molecule has 7 heteroatoms. The third kappa shape index (κ3) is 4.08. The molecule has 1 saturated carbocycles. The summed E-state index contributed by atoms with van der Waals surface area (Å²) >= 11 is 1.71. The van der Waals surface area contributed by atoms with Crippen molar-refractivity contribution in [3.05, 3.63) is 35.2 Å². The van der Waals surface area contributed by atoms with Gasteiger partial charge in [-0.25, -0.2) is 14.8 Å². The first kappa shape index (κ1) is 21.6. The molecule has 3 heterocycles. The van der Waals surface area contributed by atoms with E-state index in [0.717, 1.165) is 73.8 Å². The summed E-state index contributed by atoms with van der Waals surface area (Å²) < 4.78 is 5.59. The van der Waals surface area contributed by atoms with Crippen LogP contribution in [-0.4, -0.2) is 59.0 Å². The molecule has 0 N–H and O–H groups in total. The number of hydrogen-bond donors (Lipinski definition) is 0. The van der Waals surface area contributed by atoms with E-state index in [2.05, 4.69) is 36.0 Å². The second kappa shape index (κ2) is 8.27. The smallest absolute Gasteiger partial charge is 0.340 e. The predicted molar refractivity (Wildman–Crippen MR) is 130 cm³/mol. The second-order valence-corrected chi connectivity index (χ2v) is 11.0. The lowest BCUT2D eigenvalue weighted by Crippen LogP contribution is -2.53. The third-order valence-electron chi connectivity index (χ3n) is 6.98. The number of piperazine rings is 1. The van der Waals surface area contributed by atoms with Gasteiger partial charge in [0.1, 0.15) is 0 Å². The summed E-state index contributed by atoms with van der Waals surface area (Å²) in [5.74, 6) is 0.297. The molecule has 5 rings (SSSR count). The summed E-state index contributed by atoms with van der Waals surface area (Å²) in [5.41, 5.74) is 2.51. The largest absolute Gasteiger partial charge is 0.405 e. The number of aliphatic imine (C=N–C) groups is 1. The number of rotatable bonds is 3. The minimum absolute atomic E-state index is 0.174. The van der Waals surface area contributed by atoms with E-state index in [1.54, 1.807) is 11.3 Å². The van der Waals surface area contributed by atoms with Gasteiger partial charge in [-0.3, -0.25) is 4.90 Å². The molecule has 1 aliphatic carbocycles. The molecule has 1 saturated heterocycles. The Hall–Kier alpha value is -2.25. The highest BCUT2D eigenvalue weighted by Crippen LogP contribution is 2.37. The van der Waals surface area contributed by atoms with Crippen LogP contribution >= 0.6 is 11.3 Å². The first-order valence-electron chi connectivity index (χ1n) is 11.7. The van der Waals surface area contributed by atoms with Crippen molar-refractivity contribution < 1.29 is 9.53 Å². The first-order valence-corrected chi connectivity index (χ1v) is 12.6. The Morgan fingerprint density at radius 3 is 2.28 bits per heavy atom.